The highest BCUT2D eigenvalue weighted by Gasteiger charge is 2.57. The van der Waals surface area contributed by atoms with Crippen LogP contribution in [0.2, 0.25) is 0 Å². The first-order chi connectivity index (χ1) is 16.0. The van der Waals surface area contributed by atoms with Crippen LogP contribution in [0.15, 0.2) is 73.3 Å². The fourth-order valence-electron chi connectivity index (χ4n) is 4.42. The number of benzene rings is 2. The van der Waals surface area contributed by atoms with Crippen LogP contribution >= 0.6 is 0 Å². The Balaban J connectivity index is 1.46. The number of aldehydes is 1. The number of ether oxygens (including phenoxy) is 5. The van der Waals surface area contributed by atoms with Crippen LogP contribution in [0.25, 0.3) is 0 Å². The van der Waals surface area contributed by atoms with Crippen LogP contribution < -0.4 is 0 Å². The first kappa shape index (κ1) is 23.8. The van der Waals surface area contributed by atoms with Crippen molar-refractivity contribution in [3.8, 4) is 0 Å². The second kappa shape index (κ2) is 10.7. The minimum atomic E-state index is -0.776. The van der Waals surface area contributed by atoms with Crippen molar-refractivity contribution in [2.75, 3.05) is 6.61 Å². The van der Waals surface area contributed by atoms with Crippen molar-refractivity contribution in [3.05, 3.63) is 84.4 Å². The molecule has 0 aliphatic carbocycles. The van der Waals surface area contributed by atoms with Gasteiger partial charge in [0.25, 0.3) is 0 Å². The minimum absolute atomic E-state index is 0.245. The van der Waals surface area contributed by atoms with Crippen LogP contribution in [0.3, 0.4) is 0 Å². The molecule has 0 saturated carbocycles. The van der Waals surface area contributed by atoms with E-state index in [9.17, 15) is 4.79 Å². The molecule has 2 aromatic carbocycles. The van der Waals surface area contributed by atoms with Gasteiger partial charge in [0.1, 0.15) is 18.5 Å². The molecule has 2 aliphatic heterocycles. The van der Waals surface area contributed by atoms with Gasteiger partial charge in [-0.05, 0) is 25.0 Å². The smallest absolute Gasteiger partial charge is 0.190 e. The zero-order valence-corrected chi connectivity index (χ0v) is 19.2. The van der Waals surface area contributed by atoms with Crippen molar-refractivity contribution in [1.82, 2.24) is 0 Å². The van der Waals surface area contributed by atoms with E-state index < -0.39 is 36.3 Å². The number of carbonyl (C=O) groups is 1. The second-order valence-corrected chi connectivity index (χ2v) is 8.94. The van der Waals surface area contributed by atoms with Gasteiger partial charge < -0.3 is 28.5 Å². The summed E-state index contributed by atoms with van der Waals surface area (Å²) >= 11 is 0. The molecule has 2 heterocycles. The van der Waals surface area contributed by atoms with Crippen LogP contribution in [0.1, 0.15) is 25.0 Å². The highest BCUT2D eigenvalue weighted by atomic mass is 16.8. The standard InChI is InChI=1S/C27H32O6/c1-4-21(18-29-16-19-11-7-5-8-12-19)22(15-28)23-24(30-17-20-13-9-6-10-14-20)25-26(31-23)33-27(2,3)32-25/h4-15,21-26H,1,16-18H2,2-3H3/t21?,22?,23-,24+,25?,26?/m1/s1. The second-order valence-electron chi connectivity index (χ2n) is 8.94. The van der Waals surface area contributed by atoms with Gasteiger partial charge in [-0.1, -0.05) is 66.7 Å². The lowest BCUT2D eigenvalue weighted by atomic mass is 9.86. The topological polar surface area (TPSA) is 63.2 Å². The predicted molar refractivity (Wildman–Crippen MR) is 123 cm³/mol. The van der Waals surface area contributed by atoms with Crippen molar-refractivity contribution in [1.29, 1.82) is 0 Å². The molecule has 4 unspecified atom stereocenters. The Labute approximate surface area is 195 Å². The summed E-state index contributed by atoms with van der Waals surface area (Å²) in [4.78, 5) is 12.3. The average Bonchev–Trinajstić information content (AvgIpc) is 3.30. The van der Waals surface area contributed by atoms with E-state index in [-0.39, 0.29) is 5.92 Å². The lowest BCUT2D eigenvalue weighted by Crippen LogP contribution is -2.43. The Hall–Kier alpha value is -2.35. The summed E-state index contributed by atoms with van der Waals surface area (Å²) in [7, 11) is 0. The van der Waals surface area contributed by atoms with E-state index in [4.69, 9.17) is 23.7 Å². The summed E-state index contributed by atoms with van der Waals surface area (Å²) in [6, 6.07) is 19.8. The van der Waals surface area contributed by atoms with Crippen molar-refractivity contribution < 1.29 is 28.5 Å². The molecule has 2 saturated heterocycles. The first-order valence-electron chi connectivity index (χ1n) is 11.4. The molecule has 0 N–H and O–H groups in total. The molecule has 33 heavy (non-hydrogen) atoms. The molecular formula is C27H32O6. The molecule has 6 nitrogen and oxygen atoms in total. The Bertz CT molecular complexity index is 899. The molecule has 0 spiro atoms. The molecule has 6 atom stereocenters. The minimum Gasteiger partial charge on any atom is -0.376 e. The molecule has 6 heteroatoms. The van der Waals surface area contributed by atoms with E-state index in [1.54, 1.807) is 6.08 Å². The largest absolute Gasteiger partial charge is 0.376 e. The summed E-state index contributed by atoms with van der Waals surface area (Å²) < 4.78 is 30.5. The summed E-state index contributed by atoms with van der Waals surface area (Å²) in [5.41, 5.74) is 2.11. The zero-order chi connectivity index (χ0) is 23.3. The molecule has 176 valence electrons. The fourth-order valence-corrected chi connectivity index (χ4v) is 4.42. The number of hydrogen-bond donors (Lipinski definition) is 0. The van der Waals surface area contributed by atoms with E-state index in [1.807, 2.05) is 74.5 Å². The van der Waals surface area contributed by atoms with E-state index in [1.165, 1.54) is 0 Å². The highest BCUT2D eigenvalue weighted by Crippen LogP contribution is 2.42. The molecule has 0 amide bonds. The molecule has 0 aromatic heterocycles. The van der Waals surface area contributed by atoms with Gasteiger partial charge in [0.15, 0.2) is 12.1 Å². The Morgan fingerprint density at radius 3 is 2.24 bits per heavy atom. The molecule has 2 aliphatic rings. The van der Waals surface area contributed by atoms with Crippen LogP contribution in [-0.2, 0) is 41.7 Å². The summed E-state index contributed by atoms with van der Waals surface area (Å²) in [5.74, 6) is -1.53. The van der Waals surface area contributed by atoms with Gasteiger partial charge in [-0.3, -0.25) is 0 Å². The third-order valence-electron chi connectivity index (χ3n) is 6.07. The molecular weight excluding hydrogens is 420 g/mol. The summed E-state index contributed by atoms with van der Waals surface area (Å²) in [6.07, 6.45) is 0.634. The van der Waals surface area contributed by atoms with Gasteiger partial charge in [0, 0.05) is 5.92 Å². The molecule has 0 bridgehead atoms. The van der Waals surface area contributed by atoms with Gasteiger partial charge >= 0.3 is 0 Å². The molecule has 4 rings (SSSR count). The van der Waals surface area contributed by atoms with Crippen LogP contribution in [0.4, 0.5) is 0 Å². The first-order valence-corrected chi connectivity index (χ1v) is 11.4. The van der Waals surface area contributed by atoms with E-state index in [2.05, 4.69) is 6.58 Å². The van der Waals surface area contributed by atoms with Crippen LogP contribution in [0.5, 0.6) is 0 Å². The maximum atomic E-state index is 12.3. The molecule has 2 aromatic rings. The van der Waals surface area contributed by atoms with Gasteiger partial charge in [-0.25, -0.2) is 0 Å². The van der Waals surface area contributed by atoms with Crippen LogP contribution in [0, 0.1) is 11.8 Å². The van der Waals surface area contributed by atoms with Crippen molar-refractivity contribution >= 4 is 6.29 Å². The lowest BCUT2D eigenvalue weighted by Gasteiger charge is -2.31. The summed E-state index contributed by atoms with van der Waals surface area (Å²) in [6.45, 7) is 8.82. The number of fused-ring (bicyclic) bond motifs is 1. The average molecular weight is 453 g/mol. The quantitative estimate of drug-likeness (QED) is 0.375. The molecule has 0 radical (unpaired) electrons. The Morgan fingerprint density at radius 1 is 1.00 bits per heavy atom. The van der Waals surface area contributed by atoms with Crippen molar-refractivity contribution in [2.24, 2.45) is 11.8 Å². The third kappa shape index (κ3) is 5.78. The fraction of sp³-hybridized carbons (Fsp3) is 0.444. The zero-order valence-electron chi connectivity index (χ0n) is 19.2. The van der Waals surface area contributed by atoms with E-state index >= 15 is 0 Å². The number of carbonyl (C=O) groups excluding carboxylic acids is 1. The van der Waals surface area contributed by atoms with Gasteiger partial charge in [-0.2, -0.15) is 0 Å². The maximum Gasteiger partial charge on any atom is 0.190 e. The SMILES string of the molecule is C=CC(COCc1ccccc1)C(C=O)[C@H]1OC2OC(C)(C)OC2[C@H]1OCc1ccccc1. The summed E-state index contributed by atoms with van der Waals surface area (Å²) in [5, 5.41) is 0. The Morgan fingerprint density at radius 2 is 1.64 bits per heavy atom. The van der Waals surface area contributed by atoms with Crippen molar-refractivity contribution in [3.63, 3.8) is 0 Å². The number of rotatable bonds is 11. The van der Waals surface area contributed by atoms with Gasteiger partial charge in [0.2, 0.25) is 0 Å². The normalized spacial score (nSPS) is 27.6. The number of hydrogen-bond acceptors (Lipinski definition) is 6. The van der Waals surface area contributed by atoms with Gasteiger partial charge in [0.05, 0.1) is 31.8 Å². The predicted octanol–water partition coefficient (Wildman–Crippen LogP) is 4.28. The van der Waals surface area contributed by atoms with E-state index in [0.29, 0.717) is 19.8 Å². The lowest BCUT2D eigenvalue weighted by molar-refractivity contribution is -0.226. The van der Waals surface area contributed by atoms with Gasteiger partial charge in [-0.15, -0.1) is 6.58 Å². The Kier molecular flexibility index (Phi) is 7.73. The van der Waals surface area contributed by atoms with E-state index in [0.717, 1.165) is 17.4 Å². The van der Waals surface area contributed by atoms with Crippen LogP contribution in [-0.4, -0.2) is 43.3 Å². The molecule has 2 fully saturated rings. The monoisotopic (exact) mass is 452 g/mol. The highest BCUT2D eigenvalue weighted by molar-refractivity contribution is 5.56. The maximum absolute atomic E-state index is 12.3. The van der Waals surface area contributed by atoms with Crippen molar-refractivity contribution in [2.45, 2.75) is 57.5 Å². The third-order valence-corrected chi connectivity index (χ3v) is 6.07.